The Morgan fingerprint density at radius 3 is 2.39 bits per heavy atom. The van der Waals surface area contributed by atoms with E-state index in [9.17, 15) is 9.59 Å². The summed E-state index contributed by atoms with van der Waals surface area (Å²) in [6.07, 6.45) is 0.614. The van der Waals surface area contributed by atoms with Crippen LogP contribution in [0.4, 0.5) is 0 Å². The Balaban J connectivity index is 1.69. The average molecular weight is 372 g/mol. The van der Waals surface area contributed by atoms with E-state index in [0.29, 0.717) is 23.2 Å². The van der Waals surface area contributed by atoms with E-state index in [4.69, 9.17) is 0 Å². The van der Waals surface area contributed by atoms with Crippen molar-refractivity contribution in [1.29, 1.82) is 0 Å². The second-order valence-electron chi connectivity index (χ2n) is 7.80. The first-order chi connectivity index (χ1) is 13.4. The van der Waals surface area contributed by atoms with Gasteiger partial charge in [-0.15, -0.1) is 0 Å². The zero-order chi connectivity index (χ0) is 19.8. The minimum Gasteiger partial charge on any atom is -0.307 e. The Kier molecular flexibility index (Phi) is 4.63. The lowest BCUT2D eigenvalue weighted by Gasteiger charge is -2.15. The first kappa shape index (κ1) is 18.2. The van der Waals surface area contributed by atoms with Gasteiger partial charge in [0, 0.05) is 6.04 Å². The van der Waals surface area contributed by atoms with E-state index in [0.717, 1.165) is 5.56 Å². The largest absolute Gasteiger partial charge is 0.329 e. The number of hydrogen-bond donors (Lipinski definition) is 1. The highest BCUT2D eigenvalue weighted by atomic mass is 16.2. The summed E-state index contributed by atoms with van der Waals surface area (Å²) in [5, 5.41) is 2.92. The van der Waals surface area contributed by atoms with Crippen molar-refractivity contribution in [1.82, 2.24) is 9.55 Å². The van der Waals surface area contributed by atoms with Crippen LogP contribution in [0.15, 0.2) is 70.3 Å². The number of aromatic nitrogens is 2. The SMILES string of the molecule is CC(C)c1ccc2cc(CC(C)n3c(=O)[nH]c4ccccc4c3=O)ccc2c1. The molecule has 4 rings (SSSR count). The maximum atomic E-state index is 12.8. The van der Waals surface area contributed by atoms with E-state index in [1.165, 1.54) is 20.9 Å². The van der Waals surface area contributed by atoms with E-state index in [1.54, 1.807) is 12.1 Å². The molecule has 0 spiro atoms. The fourth-order valence-electron chi connectivity index (χ4n) is 3.81. The summed E-state index contributed by atoms with van der Waals surface area (Å²) in [7, 11) is 0. The molecule has 4 aromatic rings. The molecule has 0 aliphatic carbocycles. The molecule has 1 heterocycles. The summed E-state index contributed by atoms with van der Waals surface area (Å²) >= 11 is 0. The van der Waals surface area contributed by atoms with Crippen LogP contribution < -0.4 is 11.2 Å². The number of para-hydroxylation sites is 1. The standard InChI is InChI=1S/C24H24N2O2/c1-15(2)18-10-11-19-13-17(8-9-20(19)14-18)12-16(3)26-23(27)21-6-4-5-7-22(21)25-24(26)28/h4-11,13-16H,12H2,1-3H3,(H,25,28). The Hall–Kier alpha value is -3.14. The normalized spacial score (nSPS) is 12.7. The maximum Gasteiger partial charge on any atom is 0.329 e. The van der Waals surface area contributed by atoms with E-state index in [-0.39, 0.29) is 17.3 Å². The minimum atomic E-state index is -0.362. The van der Waals surface area contributed by atoms with Crippen molar-refractivity contribution in [3.05, 3.63) is 92.6 Å². The molecule has 0 aliphatic heterocycles. The molecule has 0 bridgehead atoms. The number of nitrogens with one attached hydrogen (secondary N) is 1. The zero-order valence-electron chi connectivity index (χ0n) is 16.4. The van der Waals surface area contributed by atoms with Gasteiger partial charge in [-0.2, -0.15) is 0 Å². The molecule has 0 fully saturated rings. The number of hydrogen-bond acceptors (Lipinski definition) is 2. The molecule has 0 aliphatic rings. The smallest absolute Gasteiger partial charge is 0.307 e. The Labute approximate surface area is 163 Å². The zero-order valence-corrected chi connectivity index (χ0v) is 16.4. The predicted octanol–water partition coefficient (Wildman–Crippen LogP) is 4.77. The van der Waals surface area contributed by atoms with Crippen LogP contribution in [0, 0.1) is 0 Å². The first-order valence-electron chi connectivity index (χ1n) is 9.70. The number of H-pyrrole nitrogens is 1. The summed E-state index contributed by atoms with van der Waals surface area (Å²) in [5.41, 5.74) is 2.40. The summed E-state index contributed by atoms with van der Waals surface area (Å²) in [4.78, 5) is 28.2. The highest BCUT2D eigenvalue weighted by Gasteiger charge is 2.14. The second kappa shape index (κ2) is 7.12. The van der Waals surface area contributed by atoms with E-state index < -0.39 is 0 Å². The summed E-state index contributed by atoms with van der Waals surface area (Å²) < 4.78 is 1.33. The molecule has 1 aromatic heterocycles. The summed E-state index contributed by atoms with van der Waals surface area (Å²) in [6, 6.07) is 19.8. The molecule has 1 unspecified atom stereocenters. The van der Waals surface area contributed by atoms with Gasteiger partial charge >= 0.3 is 5.69 Å². The van der Waals surface area contributed by atoms with Crippen LogP contribution in [0.25, 0.3) is 21.7 Å². The van der Waals surface area contributed by atoms with E-state index in [2.05, 4.69) is 55.2 Å². The van der Waals surface area contributed by atoms with Crippen molar-refractivity contribution in [2.24, 2.45) is 0 Å². The van der Waals surface area contributed by atoms with Crippen molar-refractivity contribution >= 4 is 21.7 Å². The molecule has 28 heavy (non-hydrogen) atoms. The predicted molar refractivity (Wildman–Crippen MR) is 115 cm³/mol. The third-order valence-electron chi connectivity index (χ3n) is 5.40. The van der Waals surface area contributed by atoms with Crippen molar-refractivity contribution in [2.45, 2.75) is 39.2 Å². The van der Waals surface area contributed by atoms with Gasteiger partial charge in [0.25, 0.3) is 5.56 Å². The van der Waals surface area contributed by atoms with E-state index >= 15 is 0 Å². The van der Waals surface area contributed by atoms with Crippen LogP contribution in [0.5, 0.6) is 0 Å². The molecule has 3 aromatic carbocycles. The lowest BCUT2D eigenvalue weighted by Crippen LogP contribution is -2.37. The number of fused-ring (bicyclic) bond motifs is 2. The quantitative estimate of drug-likeness (QED) is 0.561. The topological polar surface area (TPSA) is 54.9 Å². The number of rotatable bonds is 4. The molecule has 0 radical (unpaired) electrons. The van der Waals surface area contributed by atoms with Crippen molar-refractivity contribution in [2.75, 3.05) is 0 Å². The second-order valence-corrected chi connectivity index (χ2v) is 7.80. The fourth-order valence-corrected chi connectivity index (χ4v) is 3.81. The summed E-state index contributed by atoms with van der Waals surface area (Å²) in [6.45, 7) is 6.30. The minimum absolute atomic E-state index is 0.241. The molecule has 1 atom stereocenters. The van der Waals surface area contributed by atoms with Gasteiger partial charge in [0.15, 0.2) is 0 Å². The molecule has 0 saturated heterocycles. The third-order valence-corrected chi connectivity index (χ3v) is 5.40. The molecule has 0 saturated carbocycles. The lowest BCUT2D eigenvalue weighted by atomic mass is 9.97. The van der Waals surface area contributed by atoms with Crippen molar-refractivity contribution in [3.8, 4) is 0 Å². The van der Waals surface area contributed by atoms with Gasteiger partial charge in [0.1, 0.15) is 0 Å². The van der Waals surface area contributed by atoms with Crippen LogP contribution >= 0.6 is 0 Å². The molecule has 142 valence electrons. The van der Waals surface area contributed by atoms with Gasteiger partial charge in [-0.25, -0.2) is 4.79 Å². The van der Waals surface area contributed by atoms with Gasteiger partial charge in [-0.05, 0) is 53.3 Å². The monoisotopic (exact) mass is 372 g/mol. The van der Waals surface area contributed by atoms with Gasteiger partial charge in [-0.3, -0.25) is 9.36 Å². The Bertz CT molecular complexity index is 1280. The number of nitrogens with zero attached hydrogens (tertiary/aromatic N) is 1. The third kappa shape index (κ3) is 3.26. The van der Waals surface area contributed by atoms with Crippen molar-refractivity contribution in [3.63, 3.8) is 0 Å². The van der Waals surface area contributed by atoms with Gasteiger partial charge in [0.2, 0.25) is 0 Å². The van der Waals surface area contributed by atoms with Crippen molar-refractivity contribution < 1.29 is 0 Å². The van der Waals surface area contributed by atoms with Crippen LogP contribution in [-0.4, -0.2) is 9.55 Å². The number of benzene rings is 3. The maximum absolute atomic E-state index is 12.8. The van der Waals surface area contributed by atoms with E-state index in [1.807, 2.05) is 19.1 Å². The molecule has 4 heteroatoms. The Morgan fingerprint density at radius 2 is 1.61 bits per heavy atom. The molecular formula is C24H24N2O2. The molecule has 0 amide bonds. The summed E-state index contributed by atoms with van der Waals surface area (Å²) in [5.74, 6) is 0.496. The van der Waals surface area contributed by atoms with Crippen LogP contribution in [0.1, 0.15) is 43.9 Å². The molecular weight excluding hydrogens is 348 g/mol. The first-order valence-corrected chi connectivity index (χ1v) is 9.70. The van der Waals surface area contributed by atoms with Gasteiger partial charge < -0.3 is 4.98 Å². The van der Waals surface area contributed by atoms with Crippen LogP contribution in [0.3, 0.4) is 0 Å². The molecule has 1 N–H and O–H groups in total. The lowest BCUT2D eigenvalue weighted by molar-refractivity contribution is 0.506. The van der Waals surface area contributed by atoms with Crippen LogP contribution in [-0.2, 0) is 6.42 Å². The fraction of sp³-hybridized carbons (Fsp3) is 0.250. The average Bonchev–Trinajstić information content (AvgIpc) is 2.67. The number of aromatic amines is 1. The highest BCUT2D eigenvalue weighted by molar-refractivity contribution is 5.84. The van der Waals surface area contributed by atoms with Crippen LogP contribution in [0.2, 0.25) is 0 Å². The van der Waals surface area contributed by atoms with Gasteiger partial charge in [-0.1, -0.05) is 62.4 Å². The van der Waals surface area contributed by atoms with Gasteiger partial charge in [0.05, 0.1) is 10.9 Å². The Morgan fingerprint density at radius 1 is 0.893 bits per heavy atom. The molecule has 4 nitrogen and oxygen atoms in total. The highest BCUT2D eigenvalue weighted by Crippen LogP contribution is 2.23.